The highest BCUT2D eigenvalue weighted by Crippen LogP contribution is 2.12. The van der Waals surface area contributed by atoms with Crippen LogP contribution >= 0.6 is 0 Å². The van der Waals surface area contributed by atoms with Crippen LogP contribution in [-0.2, 0) is 13.0 Å². The first kappa shape index (κ1) is 28.2. The van der Waals surface area contributed by atoms with E-state index in [-0.39, 0.29) is 0 Å². The van der Waals surface area contributed by atoms with E-state index in [9.17, 15) is 0 Å². The third-order valence-corrected chi connectivity index (χ3v) is 6.54. The lowest BCUT2D eigenvalue weighted by atomic mass is 10.1. The van der Waals surface area contributed by atoms with Crippen LogP contribution in [0.2, 0.25) is 0 Å². The third-order valence-electron chi connectivity index (χ3n) is 6.54. The van der Waals surface area contributed by atoms with Gasteiger partial charge in [-0.3, -0.25) is 0 Å². The molecule has 1 rings (SSSR count). The normalized spacial score (nSPS) is 11.4. The fourth-order valence-corrected chi connectivity index (χ4v) is 4.43. The van der Waals surface area contributed by atoms with Gasteiger partial charge >= 0.3 is 0 Å². The van der Waals surface area contributed by atoms with Crippen molar-refractivity contribution in [3.8, 4) is 0 Å². The van der Waals surface area contributed by atoms with E-state index in [2.05, 4.69) is 34.9 Å². The maximum atomic E-state index is 4.60. The molecule has 0 aliphatic heterocycles. The van der Waals surface area contributed by atoms with Crippen molar-refractivity contribution in [1.82, 2.24) is 14.9 Å². The topological polar surface area (TPSA) is 29.9 Å². The molecule has 182 valence electrons. The van der Waals surface area contributed by atoms with E-state index < -0.39 is 0 Å². The van der Waals surface area contributed by atoms with Gasteiger partial charge < -0.3 is 9.88 Å². The molecule has 0 aromatic carbocycles. The van der Waals surface area contributed by atoms with Crippen LogP contribution in [0, 0.1) is 0 Å². The lowest BCUT2D eigenvalue weighted by Crippen LogP contribution is -2.21. The molecule has 0 aliphatic rings. The summed E-state index contributed by atoms with van der Waals surface area (Å²) in [6, 6.07) is 0. The van der Waals surface area contributed by atoms with Crippen LogP contribution in [-0.4, -0.2) is 22.6 Å². The molecule has 3 nitrogen and oxygen atoms in total. The van der Waals surface area contributed by atoms with E-state index in [4.69, 9.17) is 0 Å². The maximum absolute atomic E-state index is 4.60. The third kappa shape index (κ3) is 17.4. The van der Waals surface area contributed by atoms with Gasteiger partial charge in [0.25, 0.3) is 0 Å². The van der Waals surface area contributed by atoms with Crippen LogP contribution in [0.25, 0.3) is 0 Å². The first-order valence-electron chi connectivity index (χ1n) is 14.1. The molecule has 0 bridgehead atoms. The Labute approximate surface area is 195 Å². The van der Waals surface area contributed by atoms with Gasteiger partial charge in [-0.2, -0.15) is 0 Å². The molecule has 0 unspecified atom stereocenters. The number of nitrogens with zero attached hydrogens (tertiary/aromatic N) is 2. The standard InChI is InChI=1S/C28H55N3/c1-3-5-7-9-11-13-15-17-19-21-23-29-24-26-31-27-25-30-28(31)22-20-18-16-14-12-10-8-6-4-2/h25,27,29H,3-24,26H2,1-2H3. The Bertz CT molecular complexity index is 469. The summed E-state index contributed by atoms with van der Waals surface area (Å²) >= 11 is 0. The van der Waals surface area contributed by atoms with Crippen molar-refractivity contribution < 1.29 is 0 Å². The molecule has 0 atom stereocenters. The highest BCUT2D eigenvalue weighted by atomic mass is 15.1. The zero-order valence-corrected chi connectivity index (χ0v) is 21.3. The molecule has 1 aromatic rings. The van der Waals surface area contributed by atoms with E-state index in [0.29, 0.717) is 0 Å². The Morgan fingerprint density at radius 1 is 0.613 bits per heavy atom. The van der Waals surface area contributed by atoms with Crippen LogP contribution in [0.3, 0.4) is 0 Å². The van der Waals surface area contributed by atoms with Gasteiger partial charge in [0.2, 0.25) is 0 Å². The molecule has 3 heteroatoms. The number of aromatic nitrogens is 2. The molecule has 31 heavy (non-hydrogen) atoms. The number of unbranched alkanes of at least 4 members (excludes halogenated alkanes) is 17. The van der Waals surface area contributed by atoms with Crippen LogP contribution < -0.4 is 5.32 Å². The van der Waals surface area contributed by atoms with E-state index in [1.54, 1.807) is 0 Å². The smallest absolute Gasteiger partial charge is 0.108 e. The molecule has 0 aliphatic carbocycles. The largest absolute Gasteiger partial charge is 0.334 e. The van der Waals surface area contributed by atoms with Crippen LogP contribution in [0.15, 0.2) is 12.4 Å². The maximum Gasteiger partial charge on any atom is 0.108 e. The van der Waals surface area contributed by atoms with E-state index in [0.717, 1.165) is 19.5 Å². The Morgan fingerprint density at radius 2 is 1.10 bits per heavy atom. The summed E-state index contributed by atoms with van der Waals surface area (Å²) in [4.78, 5) is 4.60. The summed E-state index contributed by atoms with van der Waals surface area (Å²) in [5.74, 6) is 1.28. The van der Waals surface area contributed by atoms with Crippen molar-refractivity contribution >= 4 is 0 Å². The van der Waals surface area contributed by atoms with Crippen molar-refractivity contribution in [2.45, 2.75) is 149 Å². The van der Waals surface area contributed by atoms with Gasteiger partial charge in [-0.25, -0.2) is 4.98 Å². The average Bonchev–Trinajstić information content (AvgIpc) is 3.23. The summed E-state index contributed by atoms with van der Waals surface area (Å²) in [5, 5.41) is 3.63. The van der Waals surface area contributed by atoms with Gasteiger partial charge in [-0.05, 0) is 19.4 Å². The number of imidazole rings is 1. The van der Waals surface area contributed by atoms with Crippen molar-refractivity contribution in [3.63, 3.8) is 0 Å². The van der Waals surface area contributed by atoms with Gasteiger partial charge in [0.05, 0.1) is 0 Å². The molecule has 0 saturated heterocycles. The first-order chi connectivity index (χ1) is 15.4. The molecule has 1 N–H and O–H groups in total. The average molecular weight is 434 g/mol. The molecule has 1 aromatic heterocycles. The number of hydrogen-bond donors (Lipinski definition) is 1. The van der Waals surface area contributed by atoms with Gasteiger partial charge in [0, 0.05) is 31.9 Å². The van der Waals surface area contributed by atoms with E-state index >= 15 is 0 Å². The quantitative estimate of drug-likeness (QED) is 0.166. The molecule has 0 spiro atoms. The lowest BCUT2D eigenvalue weighted by Gasteiger charge is -2.09. The zero-order valence-electron chi connectivity index (χ0n) is 21.3. The highest BCUT2D eigenvalue weighted by Gasteiger charge is 2.02. The predicted molar refractivity (Wildman–Crippen MR) is 138 cm³/mol. The Balaban J connectivity index is 1.90. The number of aryl methyl sites for hydroxylation is 1. The first-order valence-corrected chi connectivity index (χ1v) is 14.1. The fraction of sp³-hybridized carbons (Fsp3) is 0.893. The van der Waals surface area contributed by atoms with E-state index in [1.807, 2.05) is 6.20 Å². The van der Waals surface area contributed by atoms with Crippen LogP contribution in [0.1, 0.15) is 142 Å². The SMILES string of the molecule is CCCCCCCCCCCCNCCn1ccnc1CCCCCCCCCCC. The molecular formula is C28H55N3. The van der Waals surface area contributed by atoms with Crippen molar-refractivity contribution in [3.05, 3.63) is 18.2 Å². The molecule has 0 radical (unpaired) electrons. The molecule has 1 heterocycles. The number of hydrogen-bond acceptors (Lipinski definition) is 2. The minimum absolute atomic E-state index is 1.06. The van der Waals surface area contributed by atoms with Crippen LogP contribution in [0.5, 0.6) is 0 Å². The summed E-state index contributed by atoms with van der Waals surface area (Å²) < 4.78 is 2.36. The van der Waals surface area contributed by atoms with Crippen molar-refractivity contribution in [2.75, 3.05) is 13.1 Å². The second kappa shape index (κ2) is 22.4. The Morgan fingerprint density at radius 3 is 1.65 bits per heavy atom. The molecule has 0 amide bonds. The minimum atomic E-state index is 1.06. The lowest BCUT2D eigenvalue weighted by molar-refractivity contribution is 0.525. The Kier molecular flexibility index (Phi) is 20.3. The van der Waals surface area contributed by atoms with Gasteiger partial charge in [0.1, 0.15) is 5.82 Å². The monoisotopic (exact) mass is 433 g/mol. The van der Waals surface area contributed by atoms with Gasteiger partial charge in [0.15, 0.2) is 0 Å². The van der Waals surface area contributed by atoms with Crippen molar-refractivity contribution in [1.29, 1.82) is 0 Å². The Hall–Kier alpha value is -0.830. The van der Waals surface area contributed by atoms with Gasteiger partial charge in [-0.15, -0.1) is 0 Å². The van der Waals surface area contributed by atoms with Crippen molar-refractivity contribution in [2.24, 2.45) is 0 Å². The predicted octanol–water partition coefficient (Wildman–Crippen LogP) is 8.47. The number of rotatable bonds is 24. The zero-order chi connectivity index (χ0) is 22.2. The molecular weight excluding hydrogens is 378 g/mol. The summed E-state index contributed by atoms with van der Waals surface area (Å²) in [6.07, 6.45) is 31.9. The van der Waals surface area contributed by atoms with Gasteiger partial charge in [-0.1, -0.05) is 123 Å². The second-order valence-electron chi connectivity index (χ2n) is 9.55. The summed E-state index contributed by atoms with van der Waals surface area (Å²) in [5.41, 5.74) is 0. The molecule has 0 fully saturated rings. The second-order valence-corrected chi connectivity index (χ2v) is 9.55. The van der Waals surface area contributed by atoms with Crippen LogP contribution in [0.4, 0.5) is 0 Å². The fourth-order valence-electron chi connectivity index (χ4n) is 4.43. The summed E-state index contributed by atoms with van der Waals surface area (Å²) in [6.45, 7) is 7.88. The molecule has 0 saturated carbocycles. The summed E-state index contributed by atoms with van der Waals surface area (Å²) in [7, 11) is 0. The highest BCUT2D eigenvalue weighted by molar-refractivity contribution is 4.92. The van der Waals surface area contributed by atoms with E-state index in [1.165, 1.54) is 134 Å². The number of nitrogens with one attached hydrogen (secondary N) is 1. The minimum Gasteiger partial charge on any atom is -0.334 e.